The molecule has 0 atom stereocenters. The average Bonchev–Trinajstić information content (AvgIpc) is 2.87. The van der Waals surface area contributed by atoms with E-state index in [-0.39, 0.29) is 34.7 Å². The first-order valence-corrected chi connectivity index (χ1v) is 12.3. The second kappa shape index (κ2) is 10.4. The molecule has 36 heavy (non-hydrogen) atoms. The lowest BCUT2D eigenvalue weighted by molar-refractivity contribution is -0.113. The predicted molar refractivity (Wildman–Crippen MR) is 132 cm³/mol. The molecule has 0 amide bonds. The summed E-state index contributed by atoms with van der Waals surface area (Å²) < 4.78 is 66.2. The van der Waals surface area contributed by atoms with Crippen molar-refractivity contribution >= 4 is 28.0 Å². The van der Waals surface area contributed by atoms with E-state index in [9.17, 15) is 22.0 Å². The number of carbonyl (C=O) groups excluding carboxylic acids is 1. The predicted octanol–water partition coefficient (Wildman–Crippen LogP) is 4.72. The number of ether oxygens (including phenoxy) is 2. The molecule has 0 N–H and O–H groups in total. The van der Waals surface area contributed by atoms with Gasteiger partial charge in [-0.25, -0.2) is 17.2 Å². The van der Waals surface area contributed by atoms with E-state index >= 15 is 0 Å². The summed E-state index contributed by atoms with van der Waals surface area (Å²) >= 11 is 0. The van der Waals surface area contributed by atoms with Crippen molar-refractivity contribution < 1.29 is 31.5 Å². The fourth-order valence-corrected chi connectivity index (χ4v) is 5.22. The highest BCUT2D eigenvalue weighted by Crippen LogP contribution is 2.29. The first-order valence-electron chi connectivity index (χ1n) is 10.9. The molecule has 1 fully saturated rings. The highest BCUT2D eigenvalue weighted by molar-refractivity contribution is 7.89. The van der Waals surface area contributed by atoms with E-state index in [1.807, 2.05) is 0 Å². The number of halogens is 2. The summed E-state index contributed by atoms with van der Waals surface area (Å²) in [4.78, 5) is 13.3. The Morgan fingerprint density at radius 3 is 2.00 bits per heavy atom. The molecule has 0 aromatic heterocycles. The fraction of sp³-hybridized carbons (Fsp3) is 0.148. The number of rotatable bonds is 6. The van der Waals surface area contributed by atoms with Crippen LogP contribution in [-0.2, 0) is 14.8 Å². The van der Waals surface area contributed by atoms with Gasteiger partial charge in [-0.1, -0.05) is 18.2 Å². The highest BCUT2D eigenvalue weighted by Gasteiger charge is 2.34. The van der Waals surface area contributed by atoms with Gasteiger partial charge in [0.2, 0.25) is 10.0 Å². The van der Waals surface area contributed by atoms with Crippen molar-refractivity contribution in [3.63, 3.8) is 0 Å². The zero-order chi connectivity index (χ0) is 25.9. The van der Waals surface area contributed by atoms with Crippen molar-refractivity contribution in [1.29, 1.82) is 0 Å². The van der Waals surface area contributed by atoms with Crippen LogP contribution in [0.1, 0.15) is 11.1 Å². The van der Waals surface area contributed by atoms with E-state index < -0.39 is 27.4 Å². The minimum atomic E-state index is -4.10. The molecule has 9 heteroatoms. The van der Waals surface area contributed by atoms with E-state index in [4.69, 9.17) is 9.47 Å². The lowest BCUT2D eigenvalue weighted by Gasteiger charge is -2.29. The largest absolute Gasteiger partial charge is 0.497 e. The molecule has 4 rings (SSSR count). The first-order chi connectivity index (χ1) is 17.2. The minimum Gasteiger partial charge on any atom is -0.497 e. The van der Waals surface area contributed by atoms with Gasteiger partial charge in [0.15, 0.2) is 5.78 Å². The Hall–Kier alpha value is -3.82. The van der Waals surface area contributed by atoms with Gasteiger partial charge < -0.3 is 9.47 Å². The number of piperidine rings is 1. The third kappa shape index (κ3) is 5.37. The number of nitrogens with zero attached hydrogens (tertiary/aromatic N) is 1. The Balaban J connectivity index is 1.82. The number of sulfonamides is 1. The van der Waals surface area contributed by atoms with Crippen LogP contribution < -0.4 is 9.47 Å². The van der Waals surface area contributed by atoms with E-state index in [0.29, 0.717) is 17.1 Å². The maximum absolute atomic E-state index is 14.4. The van der Waals surface area contributed by atoms with Crippen LogP contribution >= 0.6 is 0 Å². The van der Waals surface area contributed by atoms with Gasteiger partial charge in [-0.3, -0.25) is 4.79 Å². The van der Waals surface area contributed by atoms with Crippen molar-refractivity contribution in [3.05, 3.63) is 101 Å². The summed E-state index contributed by atoms with van der Waals surface area (Å²) in [6.07, 6.45) is 2.90. The summed E-state index contributed by atoms with van der Waals surface area (Å²) in [5.74, 6) is -0.551. The van der Waals surface area contributed by atoms with E-state index in [1.54, 1.807) is 30.3 Å². The van der Waals surface area contributed by atoms with Crippen LogP contribution in [0.2, 0.25) is 0 Å². The Morgan fingerprint density at radius 2 is 1.42 bits per heavy atom. The Labute approximate surface area is 208 Å². The van der Waals surface area contributed by atoms with Crippen molar-refractivity contribution in [2.24, 2.45) is 0 Å². The number of ketones is 1. The van der Waals surface area contributed by atoms with Crippen LogP contribution in [-0.4, -0.2) is 45.8 Å². The Morgan fingerprint density at radius 1 is 0.833 bits per heavy atom. The standard InChI is InChI=1S/C27H23F2NO5S/c1-34-23-12-18(13-24(15-23)35-2)11-20-16-30(36(32,33)25-9-7-22(28)8-10-25)17-21(27(20)31)14-19-5-3-4-6-26(19)29/h3-15H,16-17H2,1-2H3. The molecular formula is C27H23F2NO5S. The lowest BCUT2D eigenvalue weighted by Crippen LogP contribution is -2.41. The maximum atomic E-state index is 14.4. The third-order valence-electron chi connectivity index (χ3n) is 5.68. The van der Waals surface area contributed by atoms with Gasteiger partial charge in [0.25, 0.3) is 0 Å². The van der Waals surface area contributed by atoms with Crippen molar-refractivity contribution in [3.8, 4) is 11.5 Å². The molecule has 1 heterocycles. The molecule has 1 aliphatic rings. The SMILES string of the molecule is COc1cc(C=C2CN(S(=O)(=O)c3ccc(F)cc3)CC(=Cc3ccccc3F)C2=O)cc(OC)c1. The van der Waals surface area contributed by atoms with Crippen LogP contribution in [0.5, 0.6) is 11.5 Å². The van der Waals surface area contributed by atoms with Crippen molar-refractivity contribution in [2.75, 3.05) is 27.3 Å². The van der Waals surface area contributed by atoms with Crippen LogP contribution in [0.4, 0.5) is 8.78 Å². The summed E-state index contributed by atoms with van der Waals surface area (Å²) in [6.45, 7) is -0.502. The normalized spacial score (nSPS) is 16.9. The molecule has 1 aliphatic heterocycles. The minimum absolute atomic E-state index is 0.0955. The number of Topliss-reactive ketones (excluding diaryl/α,β-unsaturated/α-hetero) is 1. The molecule has 0 unspecified atom stereocenters. The van der Waals surface area contributed by atoms with Crippen LogP contribution in [0.15, 0.2) is 82.8 Å². The Bertz CT molecular complexity index is 1440. The topological polar surface area (TPSA) is 72.9 Å². The summed E-state index contributed by atoms with van der Waals surface area (Å²) in [5, 5.41) is 0. The zero-order valence-electron chi connectivity index (χ0n) is 19.6. The quantitative estimate of drug-likeness (QED) is 0.448. The molecule has 0 bridgehead atoms. The molecule has 186 valence electrons. The first kappa shape index (κ1) is 25.3. The van der Waals surface area contributed by atoms with E-state index in [2.05, 4.69) is 0 Å². The number of carbonyl (C=O) groups is 1. The molecule has 3 aromatic rings. The molecule has 0 aliphatic carbocycles. The fourth-order valence-electron chi connectivity index (χ4n) is 3.83. The van der Waals surface area contributed by atoms with E-state index in [1.165, 1.54) is 38.5 Å². The number of methoxy groups -OCH3 is 2. The zero-order valence-corrected chi connectivity index (χ0v) is 20.4. The van der Waals surface area contributed by atoms with Gasteiger partial charge in [0.05, 0.1) is 19.1 Å². The van der Waals surface area contributed by atoms with Crippen molar-refractivity contribution in [1.82, 2.24) is 4.31 Å². The summed E-state index contributed by atoms with van der Waals surface area (Å²) in [6, 6.07) is 15.4. The number of hydrogen-bond acceptors (Lipinski definition) is 5. The van der Waals surface area contributed by atoms with Gasteiger partial charge in [-0.2, -0.15) is 4.31 Å². The number of benzene rings is 3. The third-order valence-corrected chi connectivity index (χ3v) is 7.48. The molecule has 0 saturated carbocycles. The molecular weight excluding hydrogens is 488 g/mol. The molecule has 0 spiro atoms. The van der Waals surface area contributed by atoms with Gasteiger partial charge in [0.1, 0.15) is 23.1 Å². The van der Waals surface area contributed by atoms with Gasteiger partial charge >= 0.3 is 0 Å². The van der Waals surface area contributed by atoms with Crippen LogP contribution in [0.25, 0.3) is 12.2 Å². The van der Waals surface area contributed by atoms with Gasteiger partial charge in [-0.15, -0.1) is 0 Å². The molecule has 3 aromatic carbocycles. The van der Waals surface area contributed by atoms with Gasteiger partial charge in [0, 0.05) is 35.9 Å². The van der Waals surface area contributed by atoms with E-state index in [0.717, 1.165) is 28.6 Å². The van der Waals surface area contributed by atoms with Crippen LogP contribution in [0, 0.1) is 11.6 Å². The lowest BCUT2D eigenvalue weighted by atomic mass is 9.95. The summed E-state index contributed by atoms with van der Waals surface area (Å²) in [5.41, 5.74) is 0.980. The monoisotopic (exact) mass is 511 g/mol. The second-order valence-electron chi connectivity index (χ2n) is 8.06. The molecule has 6 nitrogen and oxygen atoms in total. The highest BCUT2D eigenvalue weighted by atomic mass is 32.2. The smallest absolute Gasteiger partial charge is 0.243 e. The van der Waals surface area contributed by atoms with Crippen LogP contribution in [0.3, 0.4) is 0 Å². The Kier molecular flexibility index (Phi) is 7.32. The number of hydrogen-bond donors (Lipinski definition) is 0. The van der Waals surface area contributed by atoms with Crippen molar-refractivity contribution in [2.45, 2.75) is 4.90 Å². The molecule has 0 radical (unpaired) electrons. The second-order valence-corrected chi connectivity index (χ2v) is 10.0. The summed E-state index contributed by atoms with van der Waals surface area (Å²) in [7, 11) is -1.12. The average molecular weight is 512 g/mol. The molecule has 1 saturated heterocycles. The maximum Gasteiger partial charge on any atom is 0.243 e. The van der Waals surface area contributed by atoms with Gasteiger partial charge in [-0.05, 0) is 60.2 Å².